The zero-order chi connectivity index (χ0) is 14.8. The number of anilines is 1. The van der Waals surface area contributed by atoms with Crippen LogP contribution in [0.2, 0.25) is 0 Å². The molecule has 0 aliphatic heterocycles. The van der Waals surface area contributed by atoms with Crippen molar-refractivity contribution in [2.24, 2.45) is 0 Å². The van der Waals surface area contributed by atoms with Crippen molar-refractivity contribution in [2.75, 3.05) is 11.9 Å². The summed E-state index contributed by atoms with van der Waals surface area (Å²) >= 11 is 3.22. The third-order valence-electron chi connectivity index (χ3n) is 4.02. The minimum Gasteiger partial charge on any atom is -0.371 e. The third kappa shape index (κ3) is 3.48. The zero-order valence-corrected chi connectivity index (χ0v) is 13.1. The molecule has 1 aliphatic carbocycles. The highest BCUT2D eigenvalue weighted by atomic mass is 79.9. The van der Waals surface area contributed by atoms with Gasteiger partial charge in [-0.3, -0.25) is 0 Å². The predicted molar refractivity (Wildman–Crippen MR) is 79.4 cm³/mol. The van der Waals surface area contributed by atoms with Crippen LogP contribution in [0.4, 0.5) is 18.9 Å². The van der Waals surface area contributed by atoms with Crippen LogP contribution in [0.25, 0.3) is 0 Å². The van der Waals surface area contributed by atoms with Gasteiger partial charge in [-0.2, -0.15) is 13.2 Å². The van der Waals surface area contributed by atoms with Crippen molar-refractivity contribution in [1.82, 2.24) is 0 Å². The normalized spacial score (nSPS) is 17.2. The number of rotatable bonds is 3. The predicted octanol–water partition coefficient (Wildman–Crippen LogP) is 5.37. The van der Waals surface area contributed by atoms with Crippen LogP contribution < -0.4 is 4.90 Å². The Morgan fingerprint density at radius 3 is 2.40 bits per heavy atom. The van der Waals surface area contributed by atoms with Gasteiger partial charge in [0.05, 0.1) is 5.56 Å². The fraction of sp³-hybridized carbons (Fsp3) is 0.600. The van der Waals surface area contributed by atoms with Crippen LogP contribution in [0.5, 0.6) is 0 Å². The van der Waals surface area contributed by atoms with E-state index in [9.17, 15) is 13.2 Å². The summed E-state index contributed by atoms with van der Waals surface area (Å²) in [5.41, 5.74) is 0.426. The number of alkyl halides is 4. The lowest BCUT2D eigenvalue weighted by atomic mass is 9.93. The molecule has 0 N–H and O–H groups in total. The van der Waals surface area contributed by atoms with Crippen LogP contribution in [0, 0.1) is 0 Å². The molecule has 20 heavy (non-hydrogen) atoms. The van der Waals surface area contributed by atoms with Crippen molar-refractivity contribution in [2.45, 2.75) is 49.7 Å². The summed E-state index contributed by atoms with van der Waals surface area (Å²) in [6, 6.07) is 4.84. The second-order valence-electron chi connectivity index (χ2n) is 5.39. The van der Waals surface area contributed by atoms with E-state index in [1.807, 2.05) is 4.90 Å². The van der Waals surface area contributed by atoms with E-state index in [1.54, 1.807) is 19.2 Å². The summed E-state index contributed by atoms with van der Waals surface area (Å²) in [5, 5.41) is 0.434. The van der Waals surface area contributed by atoms with Gasteiger partial charge in [0.25, 0.3) is 0 Å². The van der Waals surface area contributed by atoms with Crippen molar-refractivity contribution in [3.63, 3.8) is 0 Å². The third-order valence-corrected chi connectivity index (χ3v) is 4.67. The van der Waals surface area contributed by atoms with Gasteiger partial charge in [0.15, 0.2) is 0 Å². The summed E-state index contributed by atoms with van der Waals surface area (Å²) in [4.78, 5) is 1.82. The molecule has 1 saturated carbocycles. The molecule has 0 aromatic heterocycles. The van der Waals surface area contributed by atoms with Gasteiger partial charge >= 0.3 is 6.18 Å². The van der Waals surface area contributed by atoms with Gasteiger partial charge < -0.3 is 4.90 Å². The van der Waals surface area contributed by atoms with E-state index in [1.165, 1.54) is 12.5 Å². The molecule has 0 bridgehead atoms. The zero-order valence-electron chi connectivity index (χ0n) is 11.5. The highest BCUT2D eigenvalue weighted by Gasteiger charge is 2.35. The van der Waals surface area contributed by atoms with E-state index in [0.29, 0.717) is 16.6 Å². The van der Waals surface area contributed by atoms with Crippen molar-refractivity contribution >= 4 is 21.6 Å². The van der Waals surface area contributed by atoms with Crippen LogP contribution >= 0.6 is 15.9 Å². The molecule has 1 aromatic rings. The number of benzene rings is 1. The Morgan fingerprint density at radius 2 is 1.85 bits per heavy atom. The Kier molecular flexibility index (Phi) is 4.99. The van der Waals surface area contributed by atoms with Crippen molar-refractivity contribution in [1.29, 1.82) is 0 Å². The maximum absolute atomic E-state index is 13.3. The fourth-order valence-corrected chi connectivity index (χ4v) is 3.21. The highest BCUT2D eigenvalue weighted by Crippen LogP contribution is 2.39. The summed E-state index contributed by atoms with van der Waals surface area (Å²) in [5.74, 6) is 0. The molecule has 1 aromatic carbocycles. The fourth-order valence-electron chi connectivity index (χ4n) is 2.87. The van der Waals surface area contributed by atoms with Gasteiger partial charge in [-0.05, 0) is 30.5 Å². The molecule has 0 heterocycles. The average Bonchev–Trinajstić information content (AvgIpc) is 2.46. The van der Waals surface area contributed by atoms with Gasteiger partial charge in [0.1, 0.15) is 0 Å². The Balaban J connectivity index is 2.34. The summed E-state index contributed by atoms with van der Waals surface area (Å²) in [6.45, 7) is 0. The second-order valence-corrected chi connectivity index (χ2v) is 5.95. The Bertz CT molecular complexity index is 453. The van der Waals surface area contributed by atoms with Gasteiger partial charge in [-0.15, -0.1) is 0 Å². The quantitative estimate of drug-likeness (QED) is 0.663. The molecule has 0 radical (unpaired) electrons. The van der Waals surface area contributed by atoms with Crippen LogP contribution in [-0.4, -0.2) is 13.1 Å². The van der Waals surface area contributed by atoms with Gasteiger partial charge in [-0.1, -0.05) is 41.3 Å². The van der Waals surface area contributed by atoms with Crippen LogP contribution in [0.1, 0.15) is 43.2 Å². The maximum atomic E-state index is 13.3. The monoisotopic (exact) mass is 349 g/mol. The molecule has 5 heteroatoms. The number of nitrogens with zero attached hydrogens (tertiary/aromatic N) is 1. The first-order valence-electron chi connectivity index (χ1n) is 6.92. The van der Waals surface area contributed by atoms with E-state index in [-0.39, 0.29) is 6.04 Å². The molecule has 0 unspecified atom stereocenters. The largest absolute Gasteiger partial charge is 0.418 e. The van der Waals surface area contributed by atoms with Gasteiger partial charge in [0, 0.05) is 24.1 Å². The van der Waals surface area contributed by atoms with Crippen LogP contribution in [0.15, 0.2) is 18.2 Å². The Labute approximate surface area is 126 Å². The highest BCUT2D eigenvalue weighted by molar-refractivity contribution is 9.08. The molecule has 1 nitrogen and oxygen atoms in total. The summed E-state index contributed by atoms with van der Waals surface area (Å²) in [6.07, 6.45) is 1.06. The molecule has 0 spiro atoms. The molecule has 112 valence electrons. The lowest BCUT2D eigenvalue weighted by molar-refractivity contribution is -0.137. The Morgan fingerprint density at radius 1 is 1.20 bits per heavy atom. The van der Waals surface area contributed by atoms with Crippen molar-refractivity contribution in [3.05, 3.63) is 29.3 Å². The molecule has 2 rings (SSSR count). The maximum Gasteiger partial charge on any atom is 0.418 e. The van der Waals surface area contributed by atoms with Crippen LogP contribution in [0.3, 0.4) is 0 Å². The number of hydrogen-bond acceptors (Lipinski definition) is 1. The molecular weight excluding hydrogens is 331 g/mol. The average molecular weight is 350 g/mol. The SMILES string of the molecule is CN(c1ccc(CBr)cc1C(F)(F)F)C1CCCCC1. The van der Waals surface area contributed by atoms with Crippen molar-refractivity contribution < 1.29 is 13.2 Å². The number of halogens is 4. The first-order chi connectivity index (χ1) is 9.43. The minimum absolute atomic E-state index is 0.222. The lowest BCUT2D eigenvalue weighted by Crippen LogP contribution is -2.34. The van der Waals surface area contributed by atoms with E-state index in [4.69, 9.17) is 0 Å². The molecule has 0 amide bonds. The van der Waals surface area contributed by atoms with E-state index < -0.39 is 11.7 Å². The number of hydrogen-bond donors (Lipinski definition) is 0. The van der Waals surface area contributed by atoms with Gasteiger partial charge in [0.2, 0.25) is 0 Å². The first kappa shape index (κ1) is 15.7. The topological polar surface area (TPSA) is 3.24 Å². The standard InChI is InChI=1S/C15H19BrF3N/c1-20(12-5-3-2-4-6-12)14-8-7-11(10-16)9-13(14)15(17,18)19/h7-9,12H,2-6,10H2,1H3. The molecule has 1 aliphatic rings. The van der Waals surface area contributed by atoms with Crippen molar-refractivity contribution in [3.8, 4) is 0 Å². The first-order valence-corrected chi connectivity index (χ1v) is 8.04. The summed E-state index contributed by atoms with van der Waals surface area (Å²) < 4.78 is 39.8. The smallest absolute Gasteiger partial charge is 0.371 e. The lowest BCUT2D eigenvalue weighted by Gasteiger charge is -2.34. The van der Waals surface area contributed by atoms with Gasteiger partial charge in [-0.25, -0.2) is 0 Å². The van der Waals surface area contributed by atoms with E-state index in [2.05, 4.69) is 15.9 Å². The van der Waals surface area contributed by atoms with E-state index in [0.717, 1.165) is 25.7 Å². The minimum atomic E-state index is -4.31. The second kappa shape index (κ2) is 6.37. The van der Waals surface area contributed by atoms with Crippen LogP contribution in [-0.2, 0) is 11.5 Å². The molecular formula is C15H19BrF3N. The Hall–Kier alpha value is -0.710. The molecule has 0 saturated heterocycles. The summed E-state index contributed by atoms with van der Waals surface area (Å²) in [7, 11) is 1.79. The molecule has 1 fully saturated rings. The molecule has 0 atom stereocenters. The van der Waals surface area contributed by atoms with E-state index >= 15 is 0 Å².